The molecule has 1 N–H and O–H groups in total. The third-order valence-corrected chi connectivity index (χ3v) is 3.61. The molecule has 0 spiro atoms. The third kappa shape index (κ3) is 3.56. The maximum Gasteiger partial charge on any atom is 0.166 e. The van der Waals surface area contributed by atoms with Gasteiger partial charge in [0.05, 0.1) is 5.02 Å². The van der Waals surface area contributed by atoms with Gasteiger partial charge in [-0.15, -0.1) is 0 Å². The highest BCUT2D eigenvalue weighted by Gasteiger charge is 2.17. The quantitative estimate of drug-likeness (QED) is 0.800. The van der Waals surface area contributed by atoms with E-state index in [4.69, 9.17) is 11.6 Å². The Morgan fingerprint density at radius 3 is 2.94 bits per heavy atom. The second-order valence-corrected chi connectivity index (χ2v) is 5.38. The lowest BCUT2D eigenvalue weighted by Crippen LogP contribution is -2.20. The molecule has 2 unspecified atom stereocenters. The molecular formula is C13H18ClFN2. The van der Waals surface area contributed by atoms with E-state index in [9.17, 15) is 4.39 Å². The maximum atomic E-state index is 13.6. The molecule has 1 saturated carbocycles. The first kappa shape index (κ1) is 12.6. The van der Waals surface area contributed by atoms with E-state index >= 15 is 0 Å². The fourth-order valence-corrected chi connectivity index (χ4v) is 2.49. The Kier molecular flexibility index (Phi) is 4.21. The van der Waals surface area contributed by atoms with Gasteiger partial charge in [-0.2, -0.15) is 0 Å². The Morgan fingerprint density at radius 1 is 1.35 bits per heavy atom. The van der Waals surface area contributed by atoms with Crippen LogP contribution in [0.4, 0.5) is 10.2 Å². The lowest BCUT2D eigenvalue weighted by molar-refractivity contribution is 0.501. The molecule has 1 fully saturated rings. The molecule has 1 aromatic heterocycles. The van der Waals surface area contributed by atoms with Crippen LogP contribution >= 0.6 is 11.6 Å². The molecule has 4 heteroatoms. The van der Waals surface area contributed by atoms with Gasteiger partial charge in [0.1, 0.15) is 0 Å². The zero-order valence-corrected chi connectivity index (χ0v) is 10.8. The van der Waals surface area contributed by atoms with Gasteiger partial charge in [-0.05, 0) is 31.2 Å². The van der Waals surface area contributed by atoms with E-state index in [0.29, 0.717) is 16.9 Å². The van der Waals surface area contributed by atoms with Crippen LogP contribution in [0.5, 0.6) is 0 Å². The van der Waals surface area contributed by atoms with Crippen molar-refractivity contribution in [2.24, 2.45) is 5.92 Å². The molecule has 0 aliphatic heterocycles. The Morgan fingerprint density at radius 2 is 2.18 bits per heavy atom. The van der Waals surface area contributed by atoms with Crippen LogP contribution in [-0.4, -0.2) is 11.0 Å². The predicted octanol–water partition coefficient (Wildman–Crippen LogP) is 4.25. The van der Waals surface area contributed by atoms with Gasteiger partial charge >= 0.3 is 0 Å². The minimum Gasteiger partial charge on any atom is -0.365 e. The number of halogens is 2. The van der Waals surface area contributed by atoms with Gasteiger partial charge in [0.2, 0.25) is 0 Å². The fourth-order valence-electron chi connectivity index (χ4n) is 2.35. The molecule has 2 rings (SSSR count). The Balaban J connectivity index is 2.00. The van der Waals surface area contributed by atoms with Crippen LogP contribution in [0, 0.1) is 11.7 Å². The highest BCUT2D eigenvalue weighted by Crippen LogP contribution is 2.25. The van der Waals surface area contributed by atoms with Crippen molar-refractivity contribution in [2.75, 3.05) is 5.32 Å². The van der Waals surface area contributed by atoms with Crippen molar-refractivity contribution in [3.05, 3.63) is 23.1 Å². The highest BCUT2D eigenvalue weighted by molar-refractivity contribution is 6.30. The minimum atomic E-state index is -0.366. The number of hydrogen-bond acceptors (Lipinski definition) is 2. The summed E-state index contributed by atoms with van der Waals surface area (Å²) in [7, 11) is 0. The minimum absolute atomic E-state index is 0.328. The number of anilines is 1. The zero-order chi connectivity index (χ0) is 12.3. The second kappa shape index (κ2) is 5.67. The average molecular weight is 257 g/mol. The van der Waals surface area contributed by atoms with Crippen molar-refractivity contribution in [1.82, 2.24) is 4.98 Å². The second-order valence-electron chi connectivity index (χ2n) is 4.94. The van der Waals surface area contributed by atoms with Crippen molar-refractivity contribution in [3.63, 3.8) is 0 Å². The molecule has 0 amide bonds. The van der Waals surface area contributed by atoms with E-state index in [-0.39, 0.29) is 5.82 Å². The van der Waals surface area contributed by atoms with E-state index in [0.717, 1.165) is 18.8 Å². The summed E-state index contributed by atoms with van der Waals surface area (Å²) in [5, 5.41) is 3.53. The smallest absolute Gasteiger partial charge is 0.166 e. The lowest BCUT2D eigenvalue weighted by atomic mass is 10.0. The van der Waals surface area contributed by atoms with Gasteiger partial charge in [0, 0.05) is 12.2 Å². The summed E-state index contributed by atoms with van der Waals surface area (Å²) < 4.78 is 13.6. The number of rotatable bonds is 2. The van der Waals surface area contributed by atoms with Crippen LogP contribution in [-0.2, 0) is 0 Å². The van der Waals surface area contributed by atoms with Gasteiger partial charge in [0.15, 0.2) is 11.6 Å². The van der Waals surface area contributed by atoms with E-state index in [1.165, 1.54) is 31.5 Å². The highest BCUT2D eigenvalue weighted by atomic mass is 35.5. The third-order valence-electron chi connectivity index (χ3n) is 3.41. The fraction of sp³-hybridized carbons (Fsp3) is 0.615. The van der Waals surface area contributed by atoms with Gasteiger partial charge in [-0.25, -0.2) is 9.37 Å². The lowest BCUT2D eigenvalue weighted by Gasteiger charge is -2.17. The predicted molar refractivity (Wildman–Crippen MR) is 68.9 cm³/mol. The summed E-state index contributed by atoms with van der Waals surface area (Å²) in [5.74, 6) is 0.744. The van der Waals surface area contributed by atoms with E-state index in [2.05, 4.69) is 17.2 Å². The van der Waals surface area contributed by atoms with Crippen LogP contribution in [0.3, 0.4) is 0 Å². The topological polar surface area (TPSA) is 24.9 Å². The van der Waals surface area contributed by atoms with Crippen molar-refractivity contribution in [1.29, 1.82) is 0 Å². The van der Waals surface area contributed by atoms with Crippen LogP contribution < -0.4 is 5.32 Å². The first-order valence-electron chi connectivity index (χ1n) is 6.22. The van der Waals surface area contributed by atoms with Gasteiger partial charge in [0.25, 0.3) is 0 Å². The zero-order valence-electron chi connectivity index (χ0n) is 10.0. The summed E-state index contributed by atoms with van der Waals surface area (Å²) >= 11 is 5.67. The van der Waals surface area contributed by atoms with Gasteiger partial charge in [-0.1, -0.05) is 31.4 Å². The molecule has 1 heterocycles. The molecule has 1 aliphatic carbocycles. The van der Waals surface area contributed by atoms with Crippen LogP contribution in [0.1, 0.15) is 39.0 Å². The van der Waals surface area contributed by atoms with Crippen molar-refractivity contribution in [3.8, 4) is 0 Å². The molecule has 0 aromatic carbocycles. The van der Waals surface area contributed by atoms with Crippen LogP contribution in [0.2, 0.25) is 5.02 Å². The van der Waals surface area contributed by atoms with E-state index < -0.39 is 0 Å². The average Bonchev–Trinajstić information content (AvgIpc) is 2.48. The normalized spacial score (nSPS) is 25.4. The number of nitrogens with one attached hydrogen (secondary N) is 1. The maximum absolute atomic E-state index is 13.6. The largest absolute Gasteiger partial charge is 0.365 e. The van der Waals surface area contributed by atoms with Crippen molar-refractivity contribution < 1.29 is 4.39 Å². The molecule has 94 valence electrons. The molecule has 17 heavy (non-hydrogen) atoms. The Hall–Kier alpha value is -0.830. The molecule has 0 saturated heterocycles. The number of hydrogen-bond donors (Lipinski definition) is 1. The molecule has 1 aromatic rings. The van der Waals surface area contributed by atoms with Gasteiger partial charge < -0.3 is 5.32 Å². The van der Waals surface area contributed by atoms with E-state index in [1.54, 1.807) is 0 Å². The van der Waals surface area contributed by atoms with Crippen LogP contribution in [0.25, 0.3) is 0 Å². The summed E-state index contributed by atoms with van der Waals surface area (Å²) in [6, 6.07) is 1.64. The monoisotopic (exact) mass is 256 g/mol. The summed E-state index contributed by atoms with van der Waals surface area (Å²) in [5.41, 5.74) is 0. The number of pyridine rings is 1. The summed E-state index contributed by atoms with van der Waals surface area (Å²) in [6.07, 6.45) is 7.33. The van der Waals surface area contributed by atoms with Gasteiger partial charge in [-0.3, -0.25) is 0 Å². The Labute approximate surface area is 107 Å². The van der Waals surface area contributed by atoms with E-state index in [1.807, 2.05) is 0 Å². The number of nitrogens with zero attached hydrogens (tertiary/aromatic N) is 1. The standard InChI is InChI=1S/C13H18ClFN2/c1-9-3-2-4-11(6-5-9)17-13-12(15)7-10(14)8-16-13/h7-9,11H,2-6H2,1H3,(H,16,17). The summed E-state index contributed by atoms with van der Waals surface area (Å²) in [6.45, 7) is 2.28. The van der Waals surface area contributed by atoms with Crippen molar-refractivity contribution in [2.45, 2.75) is 45.1 Å². The SMILES string of the molecule is CC1CCCC(Nc2ncc(Cl)cc2F)CC1. The first-order valence-corrected chi connectivity index (χ1v) is 6.60. The number of aromatic nitrogens is 1. The molecule has 2 nitrogen and oxygen atoms in total. The summed E-state index contributed by atoms with van der Waals surface area (Å²) in [4.78, 5) is 4.00. The first-order chi connectivity index (χ1) is 8.15. The molecule has 1 aliphatic rings. The van der Waals surface area contributed by atoms with Crippen LogP contribution in [0.15, 0.2) is 12.3 Å². The Bertz CT molecular complexity index is 384. The molecule has 0 radical (unpaired) electrons. The molecular weight excluding hydrogens is 239 g/mol. The molecule has 2 atom stereocenters. The van der Waals surface area contributed by atoms with Crippen molar-refractivity contribution >= 4 is 17.4 Å². The molecule has 0 bridgehead atoms.